The number of rotatable bonds is 5. The first kappa shape index (κ1) is 15.6. The zero-order valence-corrected chi connectivity index (χ0v) is 11.9. The third-order valence-electron chi connectivity index (χ3n) is 2.81. The second-order valence-corrected chi connectivity index (χ2v) is 5.07. The Labute approximate surface area is 121 Å². The molecule has 0 aliphatic heterocycles. The SMILES string of the molecule is CC(C)NCc1cc(OCC(F)(F)F)c2ccccc2n1. The highest BCUT2D eigenvalue weighted by Crippen LogP contribution is 2.27. The minimum Gasteiger partial charge on any atom is -0.483 e. The van der Waals surface area contributed by atoms with E-state index in [1.807, 2.05) is 13.8 Å². The Morgan fingerprint density at radius 3 is 2.62 bits per heavy atom. The fraction of sp³-hybridized carbons (Fsp3) is 0.400. The first-order chi connectivity index (χ1) is 9.85. The van der Waals surface area contributed by atoms with Gasteiger partial charge in [-0.05, 0) is 12.1 Å². The number of hydrogen-bond donors (Lipinski definition) is 1. The van der Waals surface area contributed by atoms with E-state index in [-0.39, 0.29) is 11.8 Å². The van der Waals surface area contributed by atoms with Gasteiger partial charge in [0.15, 0.2) is 6.61 Å². The summed E-state index contributed by atoms with van der Waals surface area (Å²) in [4.78, 5) is 4.43. The molecule has 21 heavy (non-hydrogen) atoms. The minimum atomic E-state index is -4.36. The summed E-state index contributed by atoms with van der Waals surface area (Å²) < 4.78 is 42.0. The summed E-state index contributed by atoms with van der Waals surface area (Å²) in [5.74, 6) is 0.207. The molecule has 0 atom stereocenters. The van der Waals surface area contributed by atoms with Gasteiger partial charge in [-0.3, -0.25) is 4.98 Å². The molecule has 0 radical (unpaired) electrons. The number of fused-ring (bicyclic) bond motifs is 1. The average molecular weight is 298 g/mol. The molecule has 0 spiro atoms. The Morgan fingerprint density at radius 1 is 1.24 bits per heavy atom. The van der Waals surface area contributed by atoms with Gasteiger partial charge in [0.05, 0.1) is 11.2 Å². The molecule has 2 rings (SSSR count). The van der Waals surface area contributed by atoms with Crippen molar-refractivity contribution in [1.29, 1.82) is 0 Å². The predicted molar refractivity (Wildman–Crippen MR) is 75.3 cm³/mol. The van der Waals surface area contributed by atoms with E-state index in [1.165, 1.54) is 0 Å². The van der Waals surface area contributed by atoms with Crippen molar-refractivity contribution in [3.63, 3.8) is 0 Å². The molecule has 0 saturated heterocycles. The van der Waals surface area contributed by atoms with Gasteiger partial charge in [-0.1, -0.05) is 26.0 Å². The molecule has 0 amide bonds. The Kier molecular flexibility index (Phi) is 4.67. The fourth-order valence-electron chi connectivity index (χ4n) is 1.87. The number of para-hydroxylation sites is 1. The second-order valence-electron chi connectivity index (χ2n) is 5.07. The summed E-state index contributed by atoms with van der Waals surface area (Å²) in [7, 11) is 0. The maximum atomic E-state index is 12.3. The number of nitrogens with zero attached hydrogens (tertiary/aromatic N) is 1. The average Bonchev–Trinajstić information content (AvgIpc) is 2.41. The standard InChI is InChI=1S/C15H17F3N2O/c1-10(2)19-8-11-7-14(21-9-15(16,17)18)12-5-3-4-6-13(12)20-11/h3-7,10,19H,8-9H2,1-2H3. The lowest BCUT2D eigenvalue weighted by Crippen LogP contribution is -2.23. The van der Waals surface area contributed by atoms with E-state index in [1.54, 1.807) is 30.3 Å². The maximum Gasteiger partial charge on any atom is 0.422 e. The molecule has 1 heterocycles. The van der Waals surface area contributed by atoms with Crippen LogP contribution >= 0.6 is 0 Å². The van der Waals surface area contributed by atoms with Crippen LogP contribution in [0.2, 0.25) is 0 Å². The molecular formula is C15H17F3N2O. The van der Waals surface area contributed by atoms with Crippen molar-refractivity contribution in [1.82, 2.24) is 10.3 Å². The molecule has 0 saturated carbocycles. The van der Waals surface area contributed by atoms with Gasteiger partial charge in [0, 0.05) is 24.0 Å². The number of aromatic nitrogens is 1. The van der Waals surface area contributed by atoms with E-state index >= 15 is 0 Å². The number of halogens is 3. The molecule has 6 heteroatoms. The largest absolute Gasteiger partial charge is 0.483 e. The number of hydrogen-bond acceptors (Lipinski definition) is 3. The van der Waals surface area contributed by atoms with E-state index in [9.17, 15) is 13.2 Å². The van der Waals surface area contributed by atoms with Crippen LogP contribution in [0, 0.1) is 0 Å². The van der Waals surface area contributed by atoms with Gasteiger partial charge in [-0.25, -0.2) is 0 Å². The molecule has 0 aliphatic carbocycles. The highest BCUT2D eigenvalue weighted by molar-refractivity contribution is 5.85. The summed E-state index contributed by atoms with van der Waals surface area (Å²) in [5.41, 5.74) is 1.28. The quantitative estimate of drug-likeness (QED) is 0.914. The summed E-state index contributed by atoms with van der Waals surface area (Å²) in [5, 5.41) is 3.76. The fourth-order valence-corrected chi connectivity index (χ4v) is 1.87. The van der Waals surface area contributed by atoms with Crippen LogP contribution in [0.3, 0.4) is 0 Å². The number of benzene rings is 1. The molecule has 1 aromatic carbocycles. The molecule has 114 valence electrons. The lowest BCUT2D eigenvalue weighted by Gasteiger charge is -2.14. The topological polar surface area (TPSA) is 34.1 Å². The van der Waals surface area contributed by atoms with Crippen molar-refractivity contribution in [2.75, 3.05) is 6.61 Å². The Bertz CT molecular complexity index is 611. The lowest BCUT2D eigenvalue weighted by molar-refractivity contribution is -0.153. The number of pyridine rings is 1. The van der Waals surface area contributed by atoms with Crippen molar-refractivity contribution in [2.24, 2.45) is 0 Å². The van der Waals surface area contributed by atoms with Crippen LogP contribution in [0.4, 0.5) is 13.2 Å². The van der Waals surface area contributed by atoms with E-state index in [4.69, 9.17) is 4.74 Å². The van der Waals surface area contributed by atoms with Crippen LogP contribution in [0.25, 0.3) is 10.9 Å². The monoisotopic (exact) mass is 298 g/mol. The summed E-state index contributed by atoms with van der Waals surface area (Å²) in [6.07, 6.45) is -4.36. The van der Waals surface area contributed by atoms with E-state index in [0.717, 1.165) is 0 Å². The van der Waals surface area contributed by atoms with Gasteiger partial charge in [0.1, 0.15) is 5.75 Å². The van der Waals surface area contributed by atoms with Crippen LogP contribution in [-0.4, -0.2) is 23.8 Å². The number of alkyl halides is 3. The molecule has 0 fully saturated rings. The molecule has 2 aromatic rings. The summed E-state index contributed by atoms with van der Waals surface area (Å²) in [6, 6.07) is 8.82. The molecule has 0 aliphatic rings. The first-order valence-corrected chi connectivity index (χ1v) is 6.67. The smallest absolute Gasteiger partial charge is 0.422 e. The van der Waals surface area contributed by atoms with Gasteiger partial charge in [-0.2, -0.15) is 13.2 Å². The van der Waals surface area contributed by atoms with E-state index < -0.39 is 12.8 Å². The Balaban J connectivity index is 2.31. The lowest BCUT2D eigenvalue weighted by atomic mass is 10.1. The van der Waals surface area contributed by atoms with Crippen molar-refractivity contribution in [2.45, 2.75) is 32.6 Å². The number of nitrogens with one attached hydrogen (secondary N) is 1. The van der Waals surface area contributed by atoms with Gasteiger partial charge < -0.3 is 10.1 Å². The van der Waals surface area contributed by atoms with Gasteiger partial charge in [0.25, 0.3) is 0 Å². The summed E-state index contributed by atoms with van der Waals surface area (Å²) >= 11 is 0. The van der Waals surface area contributed by atoms with Crippen molar-refractivity contribution in [3.8, 4) is 5.75 Å². The molecule has 3 nitrogen and oxygen atoms in total. The van der Waals surface area contributed by atoms with E-state index in [0.29, 0.717) is 23.1 Å². The first-order valence-electron chi connectivity index (χ1n) is 6.67. The molecule has 1 aromatic heterocycles. The normalized spacial score (nSPS) is 12.1. The molecular weight excluding hydrogens is 281 g/mol. The highest BCUT2D eigenvalue weighted by atomic mass is 19.4. The second kappa shape index (κ2) is 6.30. The highest BCUT2D eigenvalue weighted by Gasteiger charge is 2.28. The Hall–Kier alpha value is -1.82. The van der Waals surface area contributed by atoms with Gasteiger partial charge in [-0.15, -0.1) is 0 Å². The predicted octanol–water partition coefficient (Wildman–Crippen LogP) is 3.67. The Morgan fingerprint density at radius 2 is 1.95 bits per heavy atom. The third-order valence-corrected chi connectivity index (χ3v) is 2.81. The molecule has 1 N–H and O–H groups in total. The van der Waals surface area contributed by atoms with Crippen LogP contribution < -0.4 is 10.1 Å². The third kappa shape index (κ3) is 4.60. The zero-order valence-electron chi connectivity index (χ0n) is 11.9. The van der Waals surface area contributed by atoms with Crippen LogP contribution in [0.15, 0.2) is 30.3 Å². The van der Waals surface area contributed by atoms with Crippen LogP contribution in [-0.2, 0) is 6.54 Å². The van der Waals surface area contributed by atoms with Gasteiger partial charge >= 0.3 is 6.18 Å². The molecule has 0 bridgehead atoms. The van der Waals surface area contributed by atoms with Crippen molar-refractivity contribution < 1.29 is 17.9 Å². The van der Waals surface area contributed by atoms with Gasteiger partial charge in [0.2, 0.25) is 0 Å². The van der Waals surface area contributed by atoms with Crippen LogP contribution in [0.1, 0.15) is 19.5 Å². The minimum absolute atomic E-state index is 0.207. The zero-order chi connectivity index (χ0) is 15.5. The van der Waals surface area contributed by atoms with Crippen molar-refractivity contribution in [3.05, 3.63) is 36.0 Å². The van der Waals surface area contributed by atoms with Crippen molar-refractivity contribution >= 4 is 10.9 Å². The van der Waals surface area contributed by atoms with E-state index in [2.05, 4.69) is 10.3 Å². The number of ether oxygens (including phenoxy) is 1. The van der Waals surface area contributed by atoms with Crippen LogP contribution in [0.5, 0.6) is 5.75 Å². The molecule has 0 unspecified atom stereocenters. The summed E-state index contributed by atoms with van der Waals surface area (Å²) in [6.45, 7) is 3.15. The maximum absolute atomic E-state index is 12.3.